The molecule has 3 unspecified atom stereocenters. The molecular formula is C70H136O17P2. The van der Waals surface area contributed by atoms with Crippen LogP contribution >= 0.6 is 15.6 Å². The molecule has 0 saturated heterocycles. The van der Waals surface area contributed by atoms with Crippen LogP contribution in [-0.4, -0.2) is 96.7 Å². The van der Waals surface area contributed by atoms with Crippen LogP contribution in [0.3, 0.4) is 0 Å². The summed E-state index contributed by atoms with van der Waals surface area (Å²) in [6, 6.07) is 0. The van der Waals surface area contributed by atoms with Crippen molar-refractivity contribution in [2.24, 2.45) is 5.92 Å². The van der Waals surface area contributed by atoms with Gasteiger partial charge in [-0.3, -0.25) is 37.3 Å². The Morgan fingerprint density at radius 1 is 0.315 bits per heavy atom. The van der Waals surface area contributed by atoms with Crippen LogP contribution in [0.25, 0.3) is 0 Å². The second-order valence-corrected chi connectivity index (χ2v) is 28.4. The molecule has 0 aliphatic rings. The molecule has 6 atom stereocenters. The molecule has 0 aliphatic heterocycles. The van der Waals surface area contributed by atoms with Gasteiger partial charge < -0.3 is 33.8 Å². The fourth-order valence-corrected chi connectivity index (χ4v) is 12.2. The smallest absolute Gasteiger partial charge is 0.462 e. The Hall–Kier alpha value is -1.94. The van der Waals surface area contributed by atoms with E-state index in [4.69, 9.17) is 37.0 Å². The zero-order valence-electron chi connectivity index (χ0n) is 57.6. The Kier molecular flexibility index (Phi) is 62.1. The zero-order chi connectivity index (χ0) is 65.6. The predicted molar refractivity (Wildman–Crippen MR) is 358 cm³/mol. The minimum Gasteiger partial charge on any atom is -0.462 e. The summed E-state index contributed by atoms with van der Waals surface area (Å²) in [5, 5.41) is 10.5. The highest BCUT2D eigenvalue weighted by molar-refractivity contribution is 7.47. The fraction of sp³-hybridized carbons (Fsp3) is 0.943. The van der Waals surface area contributed by atoms with E-state index < -0.39 is 97.5 Å². The van der Waals surface area contributed by atoms with Crippen LogP contribution in [0.2, 0.25) is 0 Å². The SMILES string of the molecule is CCCCCCCCCCCCCCCCCCCCCCCC(=O)O[C@H](COC(=O)CCCCCCCCCCCCC(C)CC)COP(=O)(O)OC[C@@H](O)COP(=O)(O)OC[C@@H](COC(=O)CCCCCCCCC)OC(=O)CCCCCCCCC. The number of rotatable bonds is 70. The summed E-state index contributed by atoms with van der Waals surface area (Å²) >= 11 is 0. The maximum Gasteiger partial charge on any atom is 0.472 e. The van der Waals surface area contributed by atoms with Gasteiger partial charge in [-0.15, -0.1) is 0 Å². The molecule has 0 aromatic heterocycles. The third-order valence-electron chi connectivity index (χ3n) is 16.6. The Balaban J connectivity index is 5.11. The predicted octanol–water partition coefficient (Wildman–Crippen LogP) is 20.1. The van der Waals surface area contributed by atoms with E-state index in [1.165, 1.54) is 161 Å². The molecule has 0 saturated carbocycles. The van der Waals surface area contributed by atoms with Crippen LogP contribution < -0.4 is 0 Å². The number of esters is 4. The molecule has 89 heavy (non-hydrogen) atoms. The van der Waals surface area contributed by atoms with E-state index in [1.54, 1.807) is 0 Å². The molecule has 0 aromatic carbocycles. The first-order valence-electron chi connectivity index (χ1n) is 36.7. The van der Waals surface area contributed by atoms with Crippen LogP contribution in [0, 0.1) is 5.92 Å². The number of phosphoric acid groups is 2. The molecule has 0 rings (SSSR count). The Bertz CT molecular complexity index is 1720. The molecule has 0 fully saturated rings. The average molecular weight is 1310 g/mol. The molecule has 0 aromatic rings. The second-order valence-electron chi connectivity index (χ2n) is 25.5. The van der Waals surface area contributed by atoms with Crippen molar-refractivity contribution in [3.05, 3.63) is 0 Å². The summed E-state index contributed by atoms with van der Waals surface area (Å²) in [7, 11) is -9.89. The van der Waals surface area contributed by atoms with Gasteiger partial charge in [0.25, 0.3) is 0 Å². The standard InChI is InChI=1S/C70H136O17P2/c1-6-10-13-16-19-20-21-22-23-24-25-26-27-28-29-30-31-36-41-46-51-56-70(75)87-66(60-81-68(73)54-49-44-40-35-33-32-34-39-42-47-52-63(5)9-4)62-85-89(78,79)83-58-64(71)57-82-88(76,77)84-61-65(86-69(74)55-50-45-38-18-15-12-8-3)59-80-67(72)53-48-43-37-17-14-11-7-2/h63-66,71H,6-62H2,1-5H3,(H,76,77)(H,78,79)/t63?,64-,65+,66+/m0/s1. The minimum absolute atomic E-state index is 0.104. The first-order chi connectivity index (χ1) is 43.1. The number of carbonyl (C=O) groups excluding carboxylic acids is 4. The van der Waals surface area contributed by atoms with Gasteiger partial charge in [0.2, 0.25) is 0 Å². The highest BCUT2D eigenvalue weighted by Gasteiger charge is 2.30. The van der Waals surface area contributed by atoms with Gasteiger partial charge in [-0.2, -0.15) is 0 Å². The van der Waals surface area contributed by atoms with Gasteiger partial charge in [-0.1, -0.05) is 311 Å². The molecule has 0 spiro atoms. The Morgan fingerprint density at radius 2 is 0.539 bits per heavy atom. The van der Waals surface area contributed by atoms with Crippen molar-refractivity contribution >= 4 is 39.5 Å². The van der Waals surface area contributed by atoms with E-state index in [1.807, 2.05) is 0 Å². The van der Waals surface area contributed by atoms with Gasteiger partial charge in [-0.05, 0) is 31.6 Å². The van der Waals surface area contributed by atoms with E-state index in [0.717, 1.165) is 121 Å². The van der Waals surface area contributed by atoms with Crippen LogP contribution in [-0.2, 0) is 65.4 Å². The molecule has 0 bridgehead atoms. The van der Waals surface area contributed by atoms with Crippen molar-refractivity contribution in [3.8, 4) is 0 Å². The van der Waals surface area contributed by atoms with E-state index >= 15 is 0 Å². The lowest BCUT2D eigenvalue weighted by molar-refractivity contribution is -0.161. The van der Waals surface area contributed by atoms with E-state index in [-0.39, 0.29) is 25.7 Å². The topological polar surface area (TPSA) is 237 Å². The summed E-state index contributed by atoms with van der Waals surface area (Å²) < 4.78 is 68.0. The molecule has 0 heterocycles. The number of aliphatic hydroxyl groups excluding tert-OH is 1. The molecule has 17 nitrogen and oxygen atoms in total. The van der Waals surface area contributed by atoms with Crippen LogP contribution in [0.15, 0.2) is 0 Å². The van der Waals surface area contributed by atoms with Crippen molar-refractivity contribution in [2.45, 2.75) is 380 Å². The van der Waals surface area contributed by atoms with Crippen molar-refractivity contribution in [1.29, 1.82) is 0 Å². The Morgan fingerprint density at radius 3 is 0.798 bits per heavy atom. The number of aliphatic hydroxyl groups is 1. The number of carbonyl (C=O) groups is 4. The van der Waals surface area contributed by atoms with Crippen molar-refractivity contribution in [3.63, 3.8) is 0 Å². The molecule has 3 N–H and O–H groups in total. The van der Waals surface area contributed by atoms with Gasteiger partial charge >= 0.3 is 39.5 Å². The third-order valence-corrected chi connectivity index (χ3v) is 18.5. The van der Waals surface area contributed by atoms with Gasteiger partial charge in [0, 0.05) is 25.7 Å². The van der Waals surface area contributed by atoms with Gasteiger partial charge in [0.05, 0.1) is 26.4 Å². The second kappa shape index (κ2) is 63.5. The third kappa shape index (κ3) is 63.2. The van der Waals surface area contributed by atoms with Gasteiger partial charge in [0.1, 0.15) is 19.3 Å². The van der Waals surface area contributed by atoms with E-state index in [0.29, 0.717) is 25.7 Å². The first kappa shape index (κ1) is 87.1. The number of phosphoric ester groups is 2. The lowest BCUT2D eigenvalue weighted by atomic mass is 9.99. The number of ether oxygens (including phenoxy) is 4. The summed E-state index contributed by atoms with van der Waals surface area (Å²) in [6.07, 6.45) is 50.4. The summed E-state index contributed by atoms with van der Waals surface area (Å²) in [5.41, 5.74) is 0. The van der Waals surface area contributed by atoms with Gasteiger partial charge in [-0.25, -0.2) is 9.13 Å². The zero-order valence-corrected chi connectivity index (χ0v) is 59.4. The summed E-state index contributed by atoms with van der Waals surface area (Å²) in [5.74, 6) is -1.32. The molecule has 19 heteroatoms. The summed E-state index contributed by atoms with van der Waals surface area (Å²) in [6.45, 7) is 7.18. The van der Waals surface area contributed by atoms with Crippen LogP contribution in [0.5, 0.6) is 0 Å². The van der Waals surface area contributed by atoms with Crippen LogP contribution in [0.4, 0.5) is 0 Å². The Labute approximate surface area is 543 Å². The monoisotopic (exact) mass is 1310 g/mol. The van der Waals surface area contributed by atoms with Crippen LogP contribution in [0.1, 0.15) is 362 Å². The lowest BCUT2D eigenvalue weighted by Gasteiger charge is -2.21. The van der Waals surface area contributed by atoms with Crippen molar-refractivity contribution in [1.82, 2.24) is 0 Å². The maximum absolute atomic E-state index is 13.0. The number of hydrogen-bond donors (Lipinski definition) is 3. The van der Waals surface area contributed by atoms with Gasteiger partial charge in [0.15, 0.2) is 12.2 Å². The first-order valence-corrected chi connectivity index (χ1v) is 39.7. The highest BCUT2D eigenvalue weighted by Crippen LogP contribution is 2.45. The normalized spacial score (nSPS) is 14.4. The summed E-state index contributed by atoms with van der Waals surface area (Å²) in [4.78, 5) is 72.2. The van der Waals surface area contributed by atoms with Crippen molar-refractivity contribution in [2.75, 3.05) is 39.6 Å². The number of hydrogen-bond acceptors (Lipinski definition) is 15. The quantitative estimate of drug-likeness (QED) is 0.0222. The van der Waals surface area contributed by atoms with E-state index in [2.05, 4.69) is 34.6 Å². The average Bonchev–Trinajstić information content (AvgIpc) is 3.68. The number of unbranched alkanes of at least 4 members (excludes halogenated alkanes) is 41. The molecule has 0 aliphatic carbocycles. The molecule has 0 amide bonds. The molecule has 528 valence electrons. The largest absolute Gasteiger partial charge is 0.472 e. The molecule has 0 radical (unpaired) electrons. The highest BCUT2D eigenvalue weighted by atomic mass is 31.2. The lowest BCUT2D eigenvalue weighted by Crippen LogP contribution is -2.30. The fourth-order valence-electron chi connectivity index (χ4n) is 10.6. The molecular weight excluding hydrogens is 1170 g/mol. The van der Waals surface area contributed by atoms with Crippen molar-refractivity contribution < 1.29 is 80.2 Å². The maximum atomic E-state index is 13.0. The minimum atomic E-state index is -4.95. The van der Waals surface area contributed by atoms with E-state index in [9.17, 15) is 43.2 Å².